The number of benzene rings is 2. The van der Waals surface area contributed by atoms with Crippen molar-refractivity contribution in [3.8, 4) is 11.4 Å². The molecule has 1 fully saturated rings. The molecule has 6 nitrogen and oxygen atoms in total. The maximum Gasteiger partial charge on any atom is 0.234 e. The van der Waals surface area contributed by atoms with Gasteiger partial charge in [0.05, 0.1) is 10.8 Å². The van der Waals surface area contributed by atoms with Crippen LogP contribution in [0.1, 0.15) is 31.7 Å². The summed E-state index contributed by atoms with van der Waals surface area (Å²) in [6, 6.07) is 15.8. The van der Waals surface area contributed by atoms with Crippen molar-refractivity contribution < 1.29 is 4.79 Å². The second-order valence-electron chi connectivity index (χ2n) is 7.87. The van der Waals surface area contributed by atoms with Crippen molar-refractivity contribution in [1.29, 1.82) is 0 Å². The summed E-state index contributed by atoms with van der Waals surface area (Å²) >= 11 is 7.86. The molecule has 0 spiro atoms. The first kappa shape index (κ1) is 21.7. The molecule has 0 saturated heterocycles. The van der Waals surface area contributed by atoms with Gasteiger partial charge in [0.15, 0.2) is 11.0 Å². The van der Waals surface area contributed by atoms with E-state index in [9.17, 15) is 4.79 Å². The molecule has 8 heteroatoms. The highest BCUT2D eigenvalue weighted by atomic mass is 35.5. The molecule has 1 aliphatic rings. The first-order chi connectivity index (χ1) is 15.0. The molecular weight excluding hydrogens is 430 g/mol. The van der Waals surface area contributed by atoms with Crippen LogP contribution in [-0.2, 0) is 4.79 Å². The molecule has 0 atom stereocenters. The van der Waals surface area contributed by atoms with Gasteiger partial charge in [-0.25, -0.2) is 0 Å². The van der Waals surface area contributed by atoms with Crippen molar-refractivity contribution in [3.05, 3.63) is 53.6 Å². The van der Waals surface area contributed by atoms with E-state index in [1.807, 2.05) is 67.5 Å². The number of nitrogens with one attached hydrogen (secondary N) is 1. The SMILES string of the molecule is CN(C)c1ccc(NC(=O)CSc2nnc(-c3ccccc3Cl)n2C2CCCC2)cc1. The summed E-state index contributed by atoms with van der Waals surface area (Å²) in [7, 11) is 3.98. The molecule has 1 amide bonds. The van der Waals surface area contributed by atoms with Crippen LogP contribution in [0, 0.1) is 0 Å². The van der Waals surface area contributed by atoms with E-state index < -0.39 is 0 Å². The third-order valence-electron chi connectivity index (χ3n) is 5.47. The minimum atomic E-state index is -0.0668. The van der Waals surface area contributed by atoms with Crippen LogP contribution < -0.4 is 10.2 Å². The highest BCUT2D eigenvalue weighted by molar-refractivity contribution is 7.99. The molecule has 3 aromatic rings. The van der Waals surface area contributed by atoms with Gasteiger partial charge in [0.1, 0.15) is 0 Å². The zero-order valence-electron chi connectivity index (χ0n) is 17.7. The topological polar surface area (TPSA) is 63.1 Å². The predicted molar refractivity (Wildman–Crippen MR) is 128 cm³/mol. The second kappa shape index (κ2) is 9.75. The lowest BCUT2D eigenvalue weighted by atomic mass is 10.2. The van der Waals surface area contributed by atoms with Crippen molar-refractivity contribution in [3.63, 3.8) is 0 Å². The van der Waals surface area contributed by atoms with Crippen LogP contribution >= 0.6 is 23.4 Å². The number of amides is 1. The number of thioether (sulfide) groups is 1. The number of carbonyl (C=O) groups excluding carboxylic acids is 1. The van der Waals surface area contributed by atoms with Gasteiger partial charge in [-0.2, -0.15) is 0 Å². The zero-order valence-corrected chi connectivity index (χ0v) is 19.3. The van der Waals surface area contributed by atoms with Crippen LogP contribution in [0.15, 0.2) is 53.7 Å². The molecule has 162 valence electrons. The molecule has 1 saturated carbocycles. The summed E-state index contributed by atoms with van der Waals surface area (Å²) in [6.45, 7) is 0. The Bertz CT molecular complexity index is 1040. The van der Waals surface area contributed by atoms with E-state index in [1.165, 1.54) is 24.6 Å². The standard InChI is InChI=1S/C23H26ClN5OS/c1-28(2)17-13-11-16(12-14-17)25-21(30)15-31-23-27-26-22(19-9-5-6-10-20(19)24)29(23)18-7-3-4-8-18/h5-6,9-14,18H,3-4,7-8,15H2,1-2H3,(H,25,30). The molecule has 1 N–H and O–H groups in total. The minimum Gasteiger partial charge on any atom is -0.378 e. The molecule has 1 aromatic heterocycles. The van der Waals surface area contributed by atoms with Crippen LogP contribution in [0.4, 0.5) is 11.4 Å². The highest BCUT2D eigenvalue weighted by Crippen LogP contribution is 2.38. The quantitative estimate of drug-likeness (QED) is 0.476. The molecule has 1 heterocycles. The Morgan fingerprint density at radius 1 is 1.13 bits per heavy atom. The van der Waals surface area contributed by atoms with E-state index in [0.717, 1.165) is 40.8 Å². The fraction of sp³-hybridized carbons (Fsp3) is 0.348. The smallest absolute Gasteiger partial charge is 0.234 e. The molecule has 0 aliphatic heterocycles. The number of nitrogens with zero attached hydrogens (tertiary/aromatic N) is 4. The number of anilines is 2. The molecule has 0 bridgehead atoms. The van der Waals surface area contributed by atoms with Gasteiger partial charge >= 0.3 is 0 Å². The Kier molecular flexibility index (Phi) is 6.83. The van der Waals surface area contributed by atoms with Gasteiger partial charge in [0.2, 0.25) is 5.91 Å². The van der Waals surface area contributed by atoms with E-state index in [-0.39, 0.29) is 11.7 Å². The highest BCUT2D eigenvalue weighted by Gasteiger charge is 2.26. The van der Waals surface area contributed by atoms with Crippen molar-refractivity contribution in [2.45, 2.75) is 36.9 Å². The summed E-state index contributed by atoms with van der Waals surface area (Å²) in [5.41, 5.74) is 2.75. The second-order valence-corrected chi connectivity index (χ2v) is 9.22. The van der Waals surface area contributed by atoms with Gasteiger partial charge in [-0.05, 0) is 49.2 Å². The summed E-state index contributed by atoms with van der Waals surface area (Å²) in [6.07, 6.45) is 4.57. The number of aromatic nitrogens is 3. The van der Waals surface area contributed by atoms with Gasteiger partial charge < -0.3 is 10.2 Å². The Hall–Kier alpha value is -2.51. The van der Waals surface area contributed by atoms with Crippen LogP contribution in [0.2, 0.25) is 5.02 Å². The summed E-state index contributed by atoms with van der Waals surface area (Å²) < 4.78 is 2.18. The first-order valence-electron chi connectivity index (χ1n) is 10.4. The number of halogens is 1. The zero-order chi connectivity index (χ0) is 21.8. The van der Waals surface area contributed by atoms with E-state index in [2.05, 4.69) is 20.1 Å². The van der Waals surface area contributed by atoms with Crippen molar-refractivity contribution in [2.24, 2.45) is 0 Å². The third-order valence-corrected chi connectivity index (χ3v) is 6.74. The van der Waals surface area contributed by atoms with E-state index in [0.29, 0.717) is 11.1 Å². The minimum absolute atomic E-state index is 0.0668. The Balaban J connectivity index is 1.49. The number of carbonyl (C=O) groups is 1. The van der Waals surface area contributed by atoms with Gasteiger partial charge in [-0.3, -0.25) is 9.36 Å². The fourth-order valence-electron chi connectivity index (χ4n) is 3.86. The molecular formula is C23H26ClN5OS. The van der Waals surface area contributed by atoms with Crippen LogP contribution in [0.5, 0.6) is 0 Å². The Labute approximate surface area is 192 Å². The van der Waals surface area contributed by atoms with Crippen molar-refractivity contribution in [1.82, 2.24) is 14.8 Å². The lowest BCUT2D eigenvalue weighted by Gasteiger charge is -2.17. The third kappa shape index (κ3) is 5.05. The number of hydrogen-bond donors (Lipinski definition) is 1. The molecule has 2 aromatic carbocycles. The van der Waals surface area contributed by atoms with Gasteiger partial charge in [-0.15, -0.1) is 10.2 Å². The molecule has 1 aliphatic carbocycles. The molecule has 0 radical (unpaired) electrons. The summed E-state index contributed by atoms with van der Waals surface area (Å²) in [5.74, 6) is 0.977. The van der Waals surface area contributed by atoms with E-state index >= 15 is 0 Å². The number of hydrogen-bond acceptors (Lipinski definition) is 5. The maximum atomic E-state index is 12.5. The normalized spacial score (nSPS) is 14.0. The van der Waals surface area contributed by atoms with Crippen LogP contribution in [-0.4, -0.2) is 40.5 Å². The van der Waals surface area contributed by atoms with Crippen LogP contribution in [0.25, 0.3) is 11.4 Å². The predicted octanol–water partition coefficient (Wildman–Crippen LogP) is 5.51. The van der Waals surface area contributed by atoms with E-state index in [1.54, 1.807) is 0 Å². The average Bonchev–Trinajstić information content (AvgIpc) is 3.42. The van der Waals surface area contributed by atoms with Gasteiger partial charge in [0.25, 0.3) is 0 Å². The summed E-state index contributed by atoms with van der Waals surface area (Å²) in [4.78, 5) is 14.6. The maximum absolute atomic E-state index is 12.5. The Morgan fingerprint density at radius 2 is 1.84 bits per heavy atom. The Morgan fingerprint density at radius 3 is 2.52 bits per heavy atom. The monoisotopic (exact) mass is 455 g/mol. The average molecular weight is 456 g/mol. The van der Waals surface area contributed by atoms with Crippen molar-refractivity contribution >= 4 is 40.6 Å². The number of rotatable bonds is 7. The van der Waals surface area contributed by atoms with Gasteiger partial charge in [0, 0.05) is 37.1 Å². The summed E-state index contributed by atoms with van der Waals surface area (Å²) in [5, 5.41) is 13.3. The lowest BCUT2D eigenvalue weighted by molar-refractivity contribution is -0.113. The molecule has 31 heavy (non-hydrogen) atoms. The lowest BCUT2D eigenvalue weighted by Crippen LogP contribution is -2.15. The molecule has 4 rings (SSSR count). The largest absolute Gasteiger partial charge is 0.378 e. The molecule has 0 unspecified atom stereocenters. The van der Waals surface area contributed by atoms with E-state index in [4.69, 9.17) is 11.6 Å². The van der Waals surface area contributed by atoms with Gasteiger partial charge in [-0.1, -0.05) is 48.3 Å². The van der Waals surface area contributed by atoms with Crippen LogP contribution in [0.3, 0.4) is 0 Å². The van der Waals surface area contributed by atoms with Crippen molar-refractivity contribution in [2.75, 3.05) is 30.1 Å². The fourth-order valence-corrected chi connectivity index (χ4v) is 4.89. The first-order valence-corrected chi connectivity index (χ1v) is 11.8.